The molecular weight excluding hydrogens is 274 g/mol. The van der Waals surface area contributed by atoms with Crippen LogP contribution in [0.3, 0.4) is 0 Å². The molecule has 84 valence electrons. The molecule has 0 aliphatic carbocycles. The van der Waals surface area contributed by atoms with Crippen LogP contribution >= 0.6 is 15.9 Å². The number of terminal acetylenes is 1. The smallest absolute Gasteiger partial charge is 0.0482 e. The summed E-state index contributed by atoms with van der Waals surface area (Å²) in [5.74, 6) is 2.61. The van der Waals surface area contributed by atoms with Crippen LogP contribution in [-0.4, -0.2) is 11.9 Å². The first kappa shape index (κ1) is 11.8. The van der Waals surface area contributed by atoms with E-state index in [2.05, 4.69) is 39.4 Å². The van der Waals surface area contributed by atoms with E-state index in [1.807, 2.05) is 37.4 Å². The van der Waals surface area contributed by atoms with E-state index < -0.39 is 0 Å². The average Bonchev–Trinajstić information content (AvgIpc) is 2.36. The minimum atomic E-state index is 0.892. The van der Waals surface area contributed by atoms with Gasteiger partial charge >= 0.3 is 0 Å². The van der Waals surface area contributed by atoms with E-state index in [1.165, 1.54) is 0 Å². The molecule has 0 saturated carbocycles. The van der Waals surface area contributed by atoms with Gasteiger partial charge in [0, 0.05) is 28.5 Å². The summed E-state index contributed by atoms with van der Waals surface area (Å²) < 4.78 is 1.00. The zero-order valence-electron chi connectivity index (χ0n) is 9.57. The van der Waals surface area contributed by atoms with Crippen LogP contribution in [0.5, 0.6) is 0 Å². The Labute approximate surface area is 110 Å². The Balaban J connectivity index is 2.40. The molecule has 1 aromatic rings. The van der Waals surface area contributed by atoms with E-state index in [0.717, 1.165) is 27.0 Å². The van der Waals surface area contributed by atoms with E-state index >= 15 is 0 Å². The number of hydrogen-bond acceptors (Lipinski definition) is 1. The van der Waals surface area contributed by atoms with Gasteiger partial charge in [-0.3, -0.25) is 0 Å². The van der Waals surface area contributed by atoms with E-state index in [4.69, 9.17) is 6.42 Å². The lowest BCUT2D eigenvalue weighted by Gasteiger charge is -2.27. The molecule has 17 heavy (non-hydrogen) atoms. The maximum atomic E-state index is 5.34. The lowest BCUT2D eigenvalue weighted by molar-refractivity contribution is 0.613. The molecule has 0 amide bonds. The Bertz CT molecular complexity index is 556. The van der Waals surface area contributed by atoms with Gasteiger partial charge in [-0.2, -0.15) is 0 Å². The van der Waals surface area contributed by atoms with Crippen molar-refractivity contribution in [3.8, 4) is 12.3 Å². The summed E-state index contributed by atoms with van der Waals surface area (Å²) in [5.41, 5.74) is 4.08. The van der Waals surface area contributed by atoms with Crippen molar-refractivity contribution >= 4 is 21.6 Å². The van der Waals surface area contributed by atoms with Gasteiger partial charge in [0.15, 0.2) is 0 Å². The highest BCUT2D eigenvalue weighted by Gasteiger charge is 2.15. The normalized spacial score (nSPS) is 15.1. The molecule has 0 aromatic heterocycles. The number of halogens is 1. The minimum Gasteiger partial charge on any atom is -0.344 e. The van der Waals surface area contributed by atoms with Crippen LogP contribution in [0, 0.1) is 12.3 Å². The van der Waals surface area contributed by atoms with Crippen LogP contribution in [0.15, 0.2) is 53.2 Å². The van der Waals surface area contributed by atoms with Crippen molar-refractivity contribution in [1.82, 2.24) is 4.90 Å². The van der Waals surface area contributed by atoms with Crippen molar-refractivity contribution in [2.45, 2.75) is 0 Å². The average molecular weight is 286 g/mol. The summed E-state index contributed by atoms with van der Waals surface area (Å²) in [6.07, 6.45) is 9.41. The zero-order chi connectivity index (χ0) is 12.4. The molecular formula is C15H12BrN. The molecule has 0 radical (unpaired) electrons. The summed E-state index contributed by atoms with van der Waals surface area (Å²) in [5, 5.41) is 0. The van der Waals surface area contributed by atoms with E-state index in [1.54, 1.807) is 0 Å². The van der Waals surface area contributed by atoms with Crippen LogP contribution in [-0.2, 0) is 0 Å². The SMILES string of the molecule is C#Cc1ccc(C2=CC=C(Br)C(=C)N2C)cc1. The number of allylic oxidation sites excluding steroid dienone is 3. The fourth-order valence-corrected chi connectivity index (χ4v) is 2.09. The third-order valence-electron chi connectivity index (χ3n) is 2.78. The number of likely N-dealkylation sites (N-methyl/N-ethyl adjacent to an activating group) is 1. The molecule has 0 N–H and O–H groups in total. The van der Waals surface area contributed by atoms with E-state index in [0.29, 0.717) is 0 Å². The van der Waals surface area contributed by atoms with Gasteiger partial charge in [0.1, 0.15) is 0 Å². The summed E-state index contributed by atoms with van der Waals surface area (Å²) in [7, 11) is 2.00. The summed E-state index contributed by atoms with van der Waals surface area (Å²) in [6, 6.07) is 7.94. The Morgan fingerprint density at radius 3 is 2.47 bits per heavy atom. The van der Waals surface area contributed by atoms with Gasteiger partial charge in [0.25, 0.3) is 0 Å². The molecule has 1 aromatic carbocycles. The lowest BCUT2D eigenvalue weighted by atomic mass is 10.1. The highest BCUT2D eigenvalue weighted by molar-refractivity contribution is 9.12. The highest BCUT2D eigenvalue weighted by atomic mass is 79.9. The molecule has 0 saturated heterocycles. The van der Waals surface area contributed by atoms with Crippen molar-refractivity contribution in [3.63, 3.8) is 0 Å². The molecule has 1 heterocycles. The monoisotopic (exact) mass is 285 g/mol. The molecule has 0 fully saturated rings. The second kappa shape index (κ2) is 4.65. The van der Waals surface area contributed by atoms with Crippen LogP contribution in [0.1, 0.15) is 11.1 Å². The zero-order valence-corrected chi connectivity index (χ0v) is 11.2. The number of benzene rings is 1. The summed E-state index contributed by atoms with van der Waals surface area (Å²) in [4.78, 5) is 2.05. The van der Waals surface area contributed by atoms with Crippen LogP contribution < -0.4 is 0 Å². The quantitative estimate of drug-likeness (QED) is 0.711. The molecule has 2 rings (SSSR count). The third kappa shape index (κ3) is 2.20. The van der Waals surface area contributed by atoms with E-state index in [-0.39, 0.29) is 0 Å². The van der Waals surface area contributed by atoms with Crippen LogP contribution in [0.25, 0.3) is 5.70 Å². The second-order valence-corrected chi connectivity index (χ2v) is 4.65. The molecule has 1 aliphatic heterocycles. The molecule has 1 aliphatic rings. The van der Waals surface area contributed by atoms with Crippen molar-refractivity contribution in [1.29, 1.82) is 0 Å². The van der Waals surface area contributed by atoms with Gasteiger partial charge in [-0.25, -0.2) is 0 Å². The number of nitrogens with zero attached hydrogens (tertiary/aromatic N) is 1. The third-order valence-corrected chi connectivity index (χ3v) is 3.50. The minimum absolute atomic E-state index is 0.892. The van der Waals surface area contributed by atoms with Crippen molar-refractivity contribution in [2.75, 3.05) is 7.05 Å². The predicted octanol–water partition coefficient (Wildman–Crippen LogP) is 3.75. The standard InChI is InChI=1S/C15H12BrN/c1-4-12-5-7-13(8-6-12)15-10-9-14(16)11(2)17(15)3/h1,5-10H,2H2,3H3. The van der Waals surface area contributed by atoms with Gasteiger partial charge in [-0.1, -0.05) is 24.6 Å². The highest BCUT2D eigenvalue weighted by Crippen LogP contribution is 2.31. The van der Waals surface area contributed by atoms with Gasteiger partial charge < -0.3 is 4.90 Å². The second-order valence-electron chi connectivity index (χ2n) is 3.79. The first-order valence-corrected chi connectivity index (χ1v) is 6.00. The van der Waals surface area contributed by atoms with Gasteiger partial charge in [0.2, 0.25) is 0 Å². The maximum absolute atomic E-state index is 5.34. The largest absolute Gasteiger partial charge is 0.344 e. The fraction of sp³-hybridized carbons (Fsp3) is 0.0667. The Hall–Kier alpha value is -1.72. The first-order valence-electron chi connectivity index (χ1n) is 5.21. The molecule has 0 unspecified atom stereocenters. The molecule has 0 atom stereocenters. The van der Waals surface area contributed by atoms with Gasteiger partial charge in [-0.15, -0.1) is 6.42 Å². The molecule has 0 bridgehead atoms. The van der Waals surface area contributed by atoms with Crippen LogP contribution in [0.2, 0.25) is 0 Å². The number of rotatable bonds is 1. The van der Waals surface area contributed by atoms with Crippen molar-refractivity contribution in [3.05, 3.63) is 64.3 Å². The summed E-state index contributed by atoms with van der Waals surface area (Å²) >= 11 is 3.47. The predicted molar refractivity (Wildman–Crippen MR) is 76.3 cm³/mol. The first-order chi connectivity index (χ1) is 8.13. The van der Waals surface area contributed by atoms with Crippen molar-refractivity contribution < 1.29 is 0 Å². The Kier molecular flexibility index (Phi) is 3.21. The van der Waals surface area contributed by atoms with Crippen LogP contribution in [0.4, 0.5) is 0 Å². The Morgan fingerprint density at radius 1 is 1.24 bits per heavy atom. The lowest BCUT2D eigenvalue weighted by Crippen LogP contribution is -2.17. The van der Waals surface area contributed by atoms with Crippen molar-refractivity contribution in [2.24, 2.45) is 0 Å². The van der Waals surface area contributed by atoms with E-state index in [9.17, 15) is 0 Å². The maximum Gasteiger partial charge on any atom is 0.0482 e. The van der Waals surface area contributed by atoms with Gasteiger partial charge in [-0.05, 0) is 45.8 Å². The molecule has 1 nitrogen and oxygen atoms in total. The fourth-order valence-electron chi connectivity index (χ4n) is 1.69. The Morgan fingerprint density at radius 2 is 1.88 bits per heavy atom. The molecule has 0 spiro atoms. The number of hydrogen-bond donors (Lipinski definition) is 0. The summed E-state index contributed by atoms with van der Waals surface area (Å²) in [6.45, 7) is 4.02. The molecule has 2 heteroatoms. The van der Waals surface area contributed by atoms with Gasteiger partial charge in [0.05, 0.1) is 0 Å². The topological polar surface area (TPSA) is 3.24 Å².